The molecule has 0 unspecified atom stereocenters. The summed E-state index contributed by atoms with van der Waals surface area (Å²) in [5.74, 6) is 0.936. The molecule has 1 heterocycles. The van der Waals surface area contributed by atoms with Crippen molar-refractivity contribution < 1.29 is 4.74 Å². The highest BCUT2D eigenvalue weighted by atomic mass is 16.5. The number of hydrogen-bond acceptors (Lipinski definition) is 4. The lowest BCUT2D eigenvalue weighted by Crippen LogP contribution is -2.44. The molecule has 1 fully saturated rings. The van der Waals surface area contributed by atoms with Crippen LogP contribution in [0.25, 0.3) is 0 Å². The predicted molar refractivity (Wildman–Crippen MR) is 100 cm³/mol. The van der Waals surface area contributed by atoms with Gasteiger partial charge >= 0.3 is 0 Å². The maximum atomic E-state index is 5.46. The van der Waals surface area contributed by atoms with Crippen LogP contribution in [0.3, 0.4) is 0 Å². The van der Waals surface area contributed by atoms with Crippen LogP contribution in [-0.2, 0) is 6.42 Å². The number of hydrogen-bond donors (Lipinski definition) is 0. The second-order valence-electron chi connectivity index (χ2n) is 5.95. The van der Waals surface area contributed by atoms with E-state index < -0.39 is 0 Å². The lowest BCUT2D eigenvalue weighted by Gasteiger charge is -2.35. The number of methoxy groups -OCH3 is 1. The standard InChI is InChI=1S/C20H25N3O/c1-3-17-8-10-18(11-9-17)16-21-23-14-12-22(13-15-23)19-6-4-5-7-20(19)24-2/h4-11,16H,3,12-15H2,1-2H3/b21-16+. The van der Waals surface area contributed by atoms with Crippen LogP contribution in [0.15, 0.2) is 53.6 Å². The molecule has 1 aliphatic heterocycles. The van der Waals surface area contributed by atoms with E-state index in [0.717, 1.165) is 43.9 Å². The fraction of sp³-hybridized carbons (Fsp3) is 0.350. The van der Waals surface area contributed by atoms with Crippen molar-refractivity contribution in [2.75, 3.05) is 38.2 Å². The van der Waals surface area contributed by atoms with Gasteiger partial charge in [-0.2, -0.15) is 5.10 Å². The van der Waals surface area contributed by atoms with Gasteiger partial charge in [-0.3, -0.25) is 5.01 Å². The number of para-hydroxylation sites is 2. The van der Waals surface area contributed by atoms with Crippen LogP contribution in [0, 0.1) is 0 Å². The van der Waals surface area contributed by atoms with Gasteiger partial charge in [0.05, 0.1) is 32.1 Å². The number of benzene rings is 2. The van der Waals surface area contributed by atoms with Crippen LogP contribution in [0.1, 0.15) is 18.1 Å². The van der Waals surface area contributed by atoms with E-state index in [4.69, 9.17) is 4.74 Å². The maximum absolute atomic E-state index is 5.46. The Morgan fingerprint density at radius 1 is 1.00 bits per heavy atom. The van der Waals surface area contributed by atoms with Gasteiger partial charge in [-0.1, -0.05) is 43.3 Å². The van der Waals surface area contributed by atoms with E-state index in [1.807, 2.05) is 18.3 Å². The molecule has 2 aromatic rings. The summed E-state index contributed by atoms with van der Waals surface area (Å²) in [5.41, 5.74) is 3.68. The molecule has 0 saturated carbocycles. The van der Waals surface area contributed by atoms with Gasteiger partial charge in [0, 0.05) is 13.1 Å². The van der Waals surface area contributed by atoms with Crippen LogP contribution in [-0.4, -0.2) is 44.5 Å². The molecule has 0 radical (unpaired) electrons. The first-order valence-corrected chi connectivity index (χ1v) is 8.56. The summed E-state index contributed by atoms with van der Waals surface area (Å²) in [5, 5.41) is 6.77. The second kappa shape index (κ2) is 7.86. The largest absolute Gasteiger partial charge is 0.495 e. The minimum Gasteiger partial charge on any atom is -0.495 e. The Morgan fingerprint density at radius 3 is 2.38 bits per heavy atom. The van der Waals surface area contributed by atoms with E-state index >= 15 is 0 Å². The summed E-state index contributed by atoms with van der Waals surface area (Å²) in [6, 6.07) is 16.8. The van der Waals surface area contributed by atoms with Gasteiger partial charge in [0.25, 0.3) is 0 Å². The van der Waals surface area contributed by atoms with Crippen molar-refractivity contribution in [2.24, 2.45) is 5.10 Å². The molecule has 3 rings (SSSR count). The molecule has 24 heavy (non-hydrogen) atoms. The highest BCUT2D eigenvalue weighted by Gasteiger charge is 2.18. The number of hydrazone groups is 1. The molecule has 0 N–H and O–H groups in total. The normalized spacial score (nSPS) is 15.1. The minimum atomic E-state index is 0.918. The van der Waals surface area contributed by atoms with Crippen molar-refractivity contribution in [2.45, 2.75) is 13.3 Å². The molecule has 2 aromatic carbocycles. The first-order chi connectivity index (χ1) is 11.8. The zero-order valence-electron chi connectivity index (χ0n) is 14.5. The second-order valence-corrected chi connectivity index (χ2v) is 5.95. The third-order valence-corrected chi connectivity index (χ3v) is 4.44. The Kier molecular flexibility index (Phi) is 5.36. The topological polar surface area (TPSA) is 28.1 Å². The number of ether oxygens (including phenoxy) is 1. The molecular formula is C20H25N3O. The maximum Gasteiger partial charge on any atom is 0.142 e. The lowest BCUT2D eigenvalue weighted by atomic mass is 10.1. The number of rotatable bonds is 5. The van der Waals surface area contributed by atoms with E-state index in [2.05, 4.69) is 58.3 Å². The fourth-order valence-corrected chi connectivity index (χ4v) is 2.93. The van der Waals surface area contributed by atoms with E-state index in [1.165, 1.54) is 11.3 Å². The number of anilines is 1. The van der Waals surface area contributed by atoms with Crippen molar-refractivity contribution in [3.8, 4) is 5.75 Å². The number of piperazine rings is 1. The van der Waals surface area contributed by atoms with Crippen molar-refractivity contribution >= 4 is 11.9 Å². The van der Waals surface area contributed by atoms with Gasteiger partial charge in [-0.25, -0.2) is 0 Å². The molecule has 126 valence electrons. The molecule has 0 amide bonds. The molecule has 4 heteroatoms. The van der Waals surface area contributed by atoms with E-state index in [-0.39, 0.29) is 0 Å². The average molecular weight is 323 g/mol. The molecule has 0 bridgehead atoms. The first-order valence-electron chi connectivity index (χ1n) is 8.56. The molecule has 0 atom stereocenters. The van der Waals surface area contributed by atoms with Crippen molar-refractivity contribution in [1.82, 2.24) is 5.01 Å². The predicted octanol–water partition coefficient (Wildman–Crippen LogP) is 3.41. The molecule has 0 aliphatic carbocycles. The van der Waals surface area contributed by atoms with Crippen molar-refractivity contribution in [3.63, 3.8) is 0 Å². The van der Waals surface area contributed by atoms with Crippen LogP contribution < -0.4 is 9.64 Å². The molecule has 0 spiro atoms. The molecule has 1 aliphatic rings. The summed E-state index contributed by atoms with van der Waals surface area (Å²) in [4.78, 5) is 2.36. The molecule has 4 nitrogen and oxygen atoms in total. The van der Waals surface area contributed by atoms with E-state index in [1.54, 1.807) is 7.11 Å². The molecule has 1 saturated heterocycles. The van der Waals surface area contributed by atoms with Gasteiger partial charge < -0.3 is 9.64 Å². The third kappa shape index (κ3) is 3.88. The zero-order valence-corrected chi connectivity index (χ0v) is 14.5. The highest BCUT2D eigenvalue weighted by Crippen LogP contribution is 2.28. The van der Waals surface area contributed by atoms with E-state index in [0.29, 0.717) is 0 Å². The van der Waals surface area contributed by atoms with Gasteiger partial charge in [-0.15, -0.1) is 0 Å². The Balaban J connectivity index is 1.57. The SMILES string of the molecule is CCc1ccc(/C=N/N2CCN(c3ccccc3OC)CC2)cc1. The Bertz CT molecular complexity index is 674. The number of aryl methyl sites for hydroxylation is 1. The van der Waals surface area contributed by atoms with Crippen molar-refractivity contribution in [1.29, 1.82) is 0 Å². The number of nitrogens with zero attached hydrogens (tertiary/aromatic N) is 3. The summed E-state index contributed by atoms with van der Waals surface area (Å²) in [7, 11) is 1.73. The zero-order chi connectivity index (χ0) is 16.8. The molecular weight excluding hydrogens is 298 g/mol. The smallest absolute Gasteiger partial charge is 0.142 e. The summed E-state index contributed by atoms with van der Waals surface area (Å²) >= 11 is 0. The average Bonchev–Trinajstić information content (AvgIpc) is 2.67. The summed E-state index contributed by atoms with van der Waals surface area (Å²) in [6.07, 6.45) is 3.03. The van der Waals surface area contributed by atoms with Gasteiger partial charge in [0.2, 0.25) is 0 Å². The Labute approximate surface area is 144 Å². The quantitative estimate of drug-likeness (QED) is 0.789. The van der Waals surface area contributed by atoms with Crippen molar-refractivity contribution in [3.05, 3.63) is 59.7 Å². The molecule has 0 aromatic heterocycles. The summed E-state index contributed by atoms with van der Waals surface area (Å²) < 4.78 is 5.46. The highest BCUT2D eigenvalue weighted by molar-refractivity contribution is 5.79. The Morgan fingerprint density at radius 2 is 1.71 bits per heavy atom. The lowest BCUT2D eigenvalue weighted by molar-refractivity contribution is 0.271. The van der Waals surface area contributed by atoms with Crippen LogP contribution in [0.2, 0.25) is 0 Å². The van der Waals surface area contributed by atoms with Gasteiger partial charge in [-0.05, 0) is 29.7 Å². The third-order valence-electron chi connectivity index (χ3n) is 4.44. The van der Waals surface area contributed by atoms with Gasteiger partial charge in [0.1, 0.15) is 5.75 Å². The first kappa shape index (κ1) is 16.4. The minimum absolute atomic E-state index is 0.918. The van der Waals surface area contributed by atoms with Gasteiger partial charge in [0.15, 0.2) is 0 Å². The van der Waals surface area contributed by atoms with Crippen LogP contribution >= 0.6 is 0 Å². The van der Waals surface area contributed by atoms with Crippen LogP contribution in [0.5, 0.6) is 5.75 Å². The fourth-order valence-electron chi connectivity index (χ4n) is 2.93. The summed E-state index contributed by atoms with van der Waals surface area (Å²) in [6.45, 7) is 5.91. The van der Waals surface area contributed by atoms with E-state index in [9.17, 15) is 0 Å². The monoisotopic (exact) mass is 323 g/mol. The van der Waals surface area contributed by atoms with Crippen LogP contribution in [0.4, 0.5) is 5.69 Å². The Hall–Kier alpha value is -2.49.